The molecule has 0 saturated heterocycles. The van der Waals surface area contributed by atoms with Gasteiger partial charge >= 0.3 is 0 Å². The molecule has 0 fully saturated rings. The molecule has 2 nitrogen and oxygen atoms in total. The quantitative estimate of drug-likeness (QED) is 0.377. The molecule has 0 heterocycles. The van der Waals surface area contributed by atoms with Gasteiger partial charge in [-0.1, -0.05) is 44.9 Å². The van der Waals surface area contributed by atoms with Crippen LogP contribution in [0, 0.1) is 11.8 Å². The zero-order valence-electron chi connectivity index (χ0n) is 8.42. The van der Waals surface area contributed by atoms with Crippen molar-refractivity contribution in [1.29, 1.82) is 0 Å². The predicted octanol–water partition coefficient (Wildman–Crippen LogP) is 2.05. The van der Waals surface area contributed by atoms with Gasteiger partial charge in [-0.15, -0.1) is 0 Å². The van der Waals surface area contributed by atoms with Gasteiger partial charge in [-0.25, -0.2) is 0 Å². The maximum Gasteiger partial charge on any atom is 0.217 e. The van der Waals surface area contributed by atoms with Gasteiger partial charge in [0.05, 0.1) is 0 Å². The average Bonchev–Trinajstić information content (AvgIpc) is 2.09. The van der Waals surface area contributed by atoms with Gasteiger partial charge in [0.2, 0.25) is 6.29 Å². The Labute approximate surface area is 81.0 Å². The molecule has 0 aliphatic carbocycles. The van der Waals surface area contributed by atoms with Crippen molar-refractivity contribution in [1.82, 2.24) is 0 Å². The number of hydrogen-bond donors (Lipinski definition) is 2. The number of aliphatic hydroxyl groups excluding tert-OH is 1. The van der Waals surface area contributed by atoms with Crippen molar-refractivity contribution in [2.75, 3.05) is 0 Å². The highest BCUT2D eigenvalue weighted by atomic mass is 16.5. The Balaban J connectivity index is 3.05. The fourth-order valence-corrected chi connectivity index (χ4v) is 1.16. The van der Waals surface area contributed by atoms with E-state index in [0.29, 0.717) is 0 Å². The van der Waals surface area contributed by atoms with E-state index in [4.69, 9.17) is 10.2 Å². The molecule has 0 amide bonds. The highest BCUT2D eigenvalue weighted by Crippen LogP contribution is 2.05. The fraction of sp³-hybridized carbons (Fsp3) is 0.818. The van der Waals surface area contributed by atoms with Gasteiger partial charge in [-0.3, -0.25) is 0 Å². The van der Waals surface area contributed by atoms with Crippen molar-refractivity contribution < 1.29 is 10.2 Å². The zero-order valence-corrected chi connectivity index (χ0v) is 8.42. The Hall–Kier alpha value is -0.520. The van der Waals surface area contributed by atoms with E-state index in [-0.39, 0.29) is 0 Å². The molecule has 0 aromatic heterocycles. The SMILES string of the molecule is CCCCCCCCC#CC(O)O. The topological polar surface area (TPSA) is 40.5 Å². The molecule has 0 unspecified atom stereocenters. The lowest BCUT2D eigenvalue weighted by Gasteiger charge is -1.96. The Morgan fingerprint density at radius 2 is 1.62 bits per heavy atom. The van der Waals surface area contributed by atoms with E-state index in [1.807, 2.05) is 0 Å². The van der Waals surface area contributed by atoms with Gasteiger partial charge in [-0.2, -0.15) is 0 Å². The molecule has 0 aliphatic rings. The van der Waals surface area contributed by atoms with E-state index < -0.39 is 6.29 Å². The molecule has 0 rings (SSSR count). The summed E-state index contributed by atoms with van der Waals surface area (Å²) in [6.07, 6.45) is 6.78. The van der Waals surface area contributed by atoms with Crippen LogP contribution in [0.5, 0.6) is 0 Å². The third kappa shape index (κ3) is 11.5. The van der Waals surface area contributed by atoms with E-state index in [0.717, 1.165) is 12.8 Å². The van der Waals surface area contributed by atoms with Gasteiger partial charge in [0.15, 0.2) is 0 Å². The lowest BCUT2D eigenvalue weighted by Crippen LogP contribution is -1.97. The van der Waals surface area contributed by atoms with Crippen molar-refractivity contribution in [2.24, 2.45) is 0 Å². The van der Waals surface area contributed by atoms with Crippen LogP contribution >= 0.6 is 0 Å². The van der Waals surface area contributed by atoms with Gasteiger partial charge in [0.1, 0.15) is 0 Å². The van der Waals surface area contributed by atoms with E-state index >= 15 is 0 Å². The summed E-state index contributed by atoms with van der Waals surface area (Å²) in [7, 11) is 0. The van der Waals surface area contributed by atoms with E-state index in [1.165, 1.54) is 32.1 Å². The maximum absolute atomic E-state index is 8.41. The van der Waals surface area contributed by atoms with Crippen LogP contribution in [0.2, 0.25) is 0 Å². The standard InChI is InChI=1S/C11H20O2/c1-2-3-4-5-6-7-8-9-10-11(12)13/h11-13H,2-8H2,1H3. The fourth-order valence-electron chi connectivity index (χ4n) is 1.16. The van der Waals surface area contributed by atoms with E-state index in [2.05, 4.69) is 18.8 Å². The van der Waals surface area contributed by atoms with Crippen molar-refractivity contribution in [3.8, 4) is 11.8 Å². The smallest absolute Gasteiger partial charge is 0.217 e. The first kappa shape index (κ1) is 12.5. The minimum atomic E-state index is -1.46. The highest BCUT2D eigenvalue weighted by molar-refractivity contribution is 5.00. The molecule has 0 spiro atoms. The largest absolute Gasteiger partial charge is 0.358 e. The number of unbranched alkanes of at least 4 members (excludes halogenated alkanes) is 6. The van der Waals surface area contributed by atoms with Crippen molar-refractivity contribution >= 4 is 0 Å². The van der Waals surface area contributed by atoms with E-state index in [1.54, 1.807) is 0 Å². The lowest BCUT2D eigenvalue weighted by molar-refractivity contribution is 0.0107. The second-order valence-electron chi connectivity index (χ2n) is 3.21. The summed E-state index contributed by atoms with van der Waals surface area (Å²) >= 11 is 0. The number of hydrogen-bond acceptors (Lipinski definition) is 2. The first-order valence-electron chi connectivity index (χ1n) is 5.12. The summed E-state index contributed by atoms with van der Waals surface area (Å²) in [5.74, 6) is 5.03. The zero-order chi connectivity index (χ0) is 9.94. The molecule has 0 atom stereocenters. The van der Waals surface area contributed by atoms with Crippen molar-refractivity contribution in [2.45, 2.75) is 58.2 Å². The van der Waals surface area contributed by atoms with Gasteiger partial charge < -0.3 is 10.2 Å². The summed E-state index contributed by atoms with van der Waals surface area (Å²) in [6, 6.07) is 0. The molecular weight excluding hydrogens is 164 g/mol. The summed E-state index contributed by atoms with van der Waals surface area (Å²) < 4.78 is 0. The molecule has 13 heavy (non-hydrogen) atoms. The van der Waals surface area contributed by atoms with Crippen LogP contribution in [0.4, 0.5) is 0 Å². The highest BCUT2D eigenvalue weighted by Gasteiger charge is 1.88. The molecule has 2 heteroatoms. The average molecular weight is 184 g/mol. The van der Waals surface area contributed by atoms with Gasteiger partial charge in [0.25, 0.3) is 0 Å². The molecule has 0 radical (unpaired) electrons. The molecule has 0 aromatic rings. The van der Waals surface area contributed by atoms with Crippen LogP contribution in [0.3, 0.4) is 0 Å². The van der Waals surface area contributed by atoms with Crippen molar-refractivity contribution in [3.05, 3.63) is 0 Å². The third-order valence-corrected chi connectivity index (χ3v) is 1.89. The third-order valence-electron chi connectivity index (χ3n) is 1.89. The maximum atomic E-state index is 8.41. The first-order chi connectivity index (χ1) is 6.27. The van der Waals surface area contributed by atoms with Crippen LogP contribution in [0.25, 0.3) is 0 Å². The summed E-state index contributed by atoms with van der Waals surface area (Å²) in [4.78, 5) is 0. The minimum Gasteiger partial charge on any atom is -0.358 e. The molecule has 0 aromatic carbocycles. The first-order valence-corrected chi connectivity index (χ1v) is 5.12. The molecule has 0 saturated carbocycles. The Morgan fingerprint density at radius 3 is 2.23 bits per heavy atom. The van der Waals surface area contributed by atoms with Gasteiger partial charge in [-0.05, 0) is 12.3 Å². The minimum absolute atomic E-state index is 0.781. The Bertz CT molecular complexity index is 153. The lowest BCUT2D eigenvalue weighted by atomic mass is 10.1. The van der Waals surface area contributed by atoms with Crippen LogP contribution in [0.1, 0.15) is 51.9 Å². The second kappa shape index (κ2) is 9.57. The molecular formula is C11H20O2. The van der Waals surface area contributed by atoms with Crippen molar-refractivity contribution in [3.63, 3.8) is 0 Å². The summed E-state index contributed by atoms with van der Waals surface area (Å²) in [5, 5.41) is 16.8. The number of aliphatic hydroxyl groups is 2. The van der Waals surface area contributed by atoms with Crippen LogP contribution in [-0.4, -0.2) is 16.5 Å². The Kier molecular flexibility index (Phi) is 9.18. The predicted molar refractivity (Wildman–Crippen MR) is 54.0 cm³/mol. The molecule has 0 aliphatic heterocycles. The van der Waals surface area contributed by atoms with Gasteiger partial charge in [0, 0.05) is 6.42 Å². The second-order valence-corrected chi connectivity index (χ2v) is 3.21. The molecule has 0 bridgehead atoms. The summed E-state index contributed by atoms with van der Waals surface area (Å²) in [5.41, 5.74) is 0. The van der Waals surface area contributed by atoms with E-state index in [9.17, 15) is 0 Å². The van der Waals surface area contributed by atoms with Crippen LogP contribution in [-0.2, 0) is 0 Å². The molecule has 2 N–H and O–H groups in total. The number of rotatable bonds is 6. The monoisotopic (exact) mass is 184 g/mol. The van der Waals surface area contributed by atoms with Crippen LogP contribution in [0.15, 0.2) is 0 Å². The molecule has 76 valence electrons. The normalized spacial score (nSPS) is 9.85. The summed E-state index contributed by atoms with van der Waals surface area (Å²) in [6.45, 7) is 2.20. The van der Waals surface area contributed by atoms with Crippen LogP contribution < -0.4 is 0 Å². The Morgan fingerprint density at radius 1 is 1.00 bits per heavy atom.